The molecule has 2 atom stereocenters. The highest BCUT2D eigenvalue weighted by molar-refractivity contribution is 5.97. The standard InChI is InChI=1S/C22H17F3N8O2/c1-22(15-3-4-32(2)30-15)7-13(14-10-27-17-6-16(23)31-33(17)18(14)22)19(34)29-12-5-11(8-26)20(28-9-12)35-21(24)25/h3-6,9-10,13,21H,7H2,1-2H3,(H,29,34)/t13-,22+/m1/s1. The Morgan fingerprint density at radius 3 is 2.80 bits per heavy atom. The van der Waals surface area contributed by atoms with Crippen LogP contribution in [0.15, 0.2) is 36.8 Å². The third kappa shape index (κ3) is 3.72. The zero-order valence-corrected chi connectivity index (χ0v) is 18.4. The van der Waals surface area contributed by atoms with Crippen LogP contribution in [0.1, 0.15) is 41.8 Å². The van der Waals surface area contributed by atoms with E-state index in [1.807, 2.05) is 13.0 Å². The van der Waals surface area contributed by atoms with Crippen LogP contribution in [0.2, 0.25) is 0 Å². The molecule has 0 bridgehead atoms. The number of halogens is 3. The molecular weight excluding hydrogens is 465 g/mol. The first-order valence-corrected chi connectivity index (χ1v) is 10.4. The summed E-state index contributed by atoms with van der Waals surface area (Å²) in [6, 6.07) is 5.93. The molecule has 1 N–H and O–H groups in total. The van der Waals surface area contributed by atoms with E-state index in [-0.39, 0.29) is 17.7 Å². The van der Waals surface area contributed by atoms with Crippen molar-refractivity contribution in [2.45, 2.75) is 31.3 Å². The lowest BCUT2D eigenvalue weighted by molar-refractivity contribution is -0.117. The number of nitrogens with zero attached hydrogens (tertiary/aromatic N) is 7. The fourth-order valence-electron chi connectivity index (χ4n) is 4.52. The van der Waals surface area contributed by atoms with Gasteiger partial charge in [0.05, 0.1) is 34.6 Å². The SMILES string of the molecule is Cn1ccc([C@]2(C)C[C@@H](C(=O)Nc3cnc(OC(F)F)c(C#N)c3)c3cnc4cc(F)nn4c32)n1. The van der Waals surface area contributed by atoms with Crippen LogP contribution in [-0.4, -0.2) is 41.9 Å². The van der Waals surface area contributed by atoms with Crippen LogP contribution >= 0.6 is 0 Å². The van der Waals surface area contributed by atoms with E-state index in [1.54, 1.807) is 24.0 Å². The number of hydrogen-bond acceptors (Lipinski definition) is 7. The minimum Gasteiger partial charge on any atom is -0.415 e. The van der Waals surface area contributed by atoms with Crippen LogP contribution in [-0.2, 0) is 17.3 Å². The molecule has 35 heavy (non-hydrogen) atoms. The van der Waals surface area contributed by atoms with E-state index >= 15 is 0 Å². The molecule has 0 aliphatic heterocycles. The van der Waals surface area contributed by atoms with E-state index in [1.165, 1.54) is 22.8 Å². The van der Waals surface area contributed by atoms with Crippen LogP contribution < -0.4 is 10.1 Å². The van der Waals surface area contributed by atoms with Crippen molar-refractivity contribution in [2.75, 3.05) is 5.32 Å². The van der Waals surface area contributed by atoms with Gasteiger partial charge in [0, 0.05) is 31.1 Å². The Kier molecular flexibility index (Phi) is 5.16. The highest BCUT2D eigenvalue weighted by Crippen LogP contribution is 2.49. The number of carbonyl (C=O) groups excluding carboxylic acids is 1. The van der Waals surface area contributed by atoms with Gasteiger partial charge in [-0.1, -0.05) is 0 Å². The molecule has 0 unspecified atom stereocenters. The van der Waals surface area contributed by atoms with Crippen LogP contribution in [0.5, 0.6) is 5.88 Å². The van der Waals surface area contributed by atoms with Gasteiger partial charge >= 0.3 is 6.61 Å². The molecule has 10 nitrogen and oxygen atoms in total. The highest BCUT2D eigenvalue weighted by Gasteiger charge is 2.48. The fraction of sp³-hybridized carbons (Fsp3) is 0.273. The van der Waals surface area contributed by atoms with E-state index in [9.17, 15) is 23.2 Å². The largest absolute Gasteiger partial charge is 0.415 e. The maximum atomic E-state index is 14.0. The number of fused-ring (bicyclic) bond motifs is 3. The van der Waals surface area contributed by atoms with E-state index in [4.69, 9.17) is 0 Å². The Bertz CT molecular complexity index is 1510. The second-order valence-corrected chi connectivity index (χ2v) is 8.32. The molecule has 0 radical (unpaired) electrons. The van der Waals surface area contributed by atoms with Crippen molar-refractivity contribution in [1.29, 1.82) is 5.26 Å². The first-order chi connectivity index (χ1) is 16.7. The molecule has 0 fully saturated rings. The summed E-state index contributed by atoms with van der Waals surface area (Å²) in [5.41, 5.74) is 1.15. The van der Waals surface area contributed by atoms with Crippen molar-refractivity contribution in [3.05, 3.63) is 65.3 Å². The van der Waals surface area contributed by atoms with Gasteiger partial charge in [0.2, 0.25) is 17.7 Å². The van der Waals surface area contributed by atoms with Crippen LogP contribution in [0.3, 0.4) is 0 Å². The molecule has 0 aromatic carbocycles. The van der Waals surface area contributed by atoms with Crippen molar-refractivity contribution >= 4 is 17.2 Å². The summed E-state index contributed by atoms with van der Waals surface area (Å²) in [5.74, 6) is -2.43. The third-order valence-corrected chi connectivity index (χ3v) is 6.03. The van der Waals surface area contributed by atoms with Gasteiger partial charge in [0.25, 0.3) is 0 Å². The Hall–Kier alpha value is -4.47. The van der Waals surface area contributed by atoms with Crippen molar-refractivity contribution in [1.82, 2.24) is 29.4 Å². The molecule has 4 heterocycles. The Balaban J connectivity index is 1.54. The van der Waals surface area contributed by atoms with Gasteiger partial charge in [-0.15, -0.1) is 5.10 Å². The molecule has 4 aromatic heterocycles. The maximum absolute atomic E-state index is 14.0. The zero-order chi connectivity index (χ0) is 24.9. The molecule has 0 saturated heterocycles. The molecule has 1 aliphatic carbocycles. The summed E-state index contributed by atoms with van der Waals surface area (Å²) in [5, 5.41) is 20.4. The molecule has 4 aromatic rings. The van der Waals surface area contributed by atoms with Gasteiger partial charge in [0.15, 0.2) is 5.65 Å². The topological polar surface area (TPSA) is 123 Å². The normalized spacial score (nSPS) is 19.1. The van der Waals surface area contributed by atoms with Gasteiger partial charge < -0.3 is 10.1 Å². The smallest absolute Gasteiger partial charge is 0.388 e. The maximum Gasteiger partial charge on any atom is 0.388 e. The number of carbonyl (C=O) groups is 1. The molecular formula is C22H17F3N8O2. The average Bonchev–Trinajstić information content (AvgIpc) is 3.49. The van der Waals surface area contributed by atoms with Gasteiger partial charge in [-0.25, -0.2) is 14.5 Å². The average molecular weight is 482 g/mol. The number of alkyl halides is 2. The number of hydrogen-bond donors (Lipinski definition) is 1. The van der Waals surface area contributed by atoms with E-state index in [2.05, 4.69) is 30.2 Å². The number of aromatic nitrogens is 6. The number of anilines is 1. The Morgan fingerprint density at radius 2 is 2.11 bits per heavy atom. The number of nitriles is 1. The molecule has 178 valence electrons. The predicted molar refractivity (Wildman–Crippen MR) is 114 cm³/mol. The third-order valence-electron chi connectivity index (χ3n) is 6.03. The first-order valence-electron chi connectivity index (χ1n) is 10.4. The lowest BCUT2D eigenvalue weighted by Gasteiger charge is -2.23. The van der Waals surface area contributed by atoms with Crippen molar-refractivity contribution in [3.8, 4) is 11.9 Å². The molecule has 0 spiro atoms. The second kappa shape index (κ2) is 8.08. The van der Waals surface area contributed by atoms with E-state index < -0.39 is 35.7 Å². The van der Waals surface area contributed by atoms with Gasteiger partial charge in [-0.05, 0) is 25.5 Å². The summed E-state index contributed by atoms with van der Waals surface area (Å²) in [6.45, 7) is -1.25. The number of amides is 1. The number of aryl methyl sites for hydroxylation is 1. The number of nitrogens with one attached hydrogen (secondary N) is 1. The zero-order valence-electron chi connectivity index (χ0n) is 18.4. The Morgan fingerprint density at radius 1 is 1.31 bits per heavy atom. The van der Waals surface area contributed by atoms with Gasteiger partial charge in [-0.2, -0.15) is 23.5 Å². The molecule has 1 aliphatic rings. The van der Waals surface area contributed by atoms with Crippen LogP contribution in [0.25, 0.3) is 5.65 Å². The van der Waals surface area contributed by atoms with Crippen LogP contribution in [0, 0.1) is 17.3 Å². The van der Waals surface area contributed by atoms with Crippen molar-refractivity contribution in [3.63, 3.8) is 0 Å². The first kappa shape index (κ1) is 22.3. The summed E-state index contributed by atoms with van der Waals surface area (Å²) in [4.78, 5) is 21.3. The Labute approximate surface area is 196 Å². The van der Waals surface area contributed by atoms with Crippen molar-refractivity contribution < 1.29 is 22.7 Å². The summed E-state index contributed by atoms with van der Waals surface area (Å²) in [7, 11) is 1.77. The fourth-order valence-corrected chi connectivity index (χ4v) is 4.52. The summed E-state index contributed by atoms with van der Waals surface area (Å²) in [6.07, 6.45) is 4.68. The van der Waals surface area contributed by atoms with E-state index in [0.717, 1.165) is 6.20 Å². The van der Waals surface area contributed by atoms with Crippen molar-refractivity contribution in [2.24, 2.45) is 7.05 Å². The lowest BCUT2D eigenvalue weighted by atomic mass is 9.82. The monoisotopic (exact) mass is 482 g/mol. The van der Waals surface area contributed by atoms with Gasteiger partial charge in [0.1, 0.15) is 11.6 Å². The summed E-state index contributed by atoms with van der Waals surface area (Å²) >= 11 is 0. The minimum absolute atomic E-state index is 0.125. The summed E-state index contributed by atoms with van der Waals surface area (Å²) < 4.78 is 46.3. The second-order valence-electron chi connectivity index (χ2n) is 8.32. The van der Waals surface area contributed by atoms with E-state index in [0.29, 0.717) is 22.6 Å². The van der Waals surface area contributed by atoms with Gasteiger partial charge in [-0.3, -0.25) is 9.48 Å². The molecule has 13 heteroatoms. The minimum atomic E-state index is -3.15. The molecule has 5 rings (SSSR count). The van der Waals surface area contributed by atoms with Crippen LogP contribution in [0.4, 0.5) is 18.9 Å². The quantitative estimate of drug-likeness (QED) is 0.464. The number of ether oxygens (including phenoxy) is 1. The number of rotatable bonds is 5. The lowest BCUT2D eigenvalue weighted by Crippen LogP contribution is -2.26. The predicted octanol–water partition coefficient (Wildman–Crippen LogP) is 2.90. The number of pyridine rings is 1. The molecule has 0 saturated carbocycles. The molecule has 1 amide bonds. The highest BCUT2D eigenvalue weighted by atomic mass is 19.3.